The lowest BCUT2D eigenvalue weighted by atomic mass is 10.1. The maximum Gasteiger partial charge on any atom is 0.319 e. The molecule has 118 valence electrons. The fourth-order valence-electron chi connectivity index (χ4n) is 2.16. The SMILES string of the molecule is CCc1ccc(CC)c(NC(=O)NC(C)C(CO)SC)c1. The van der Waals surface area contributed by atoms with Crippen molar-refractivity contribution < 1.29 is 9.90 Å². The van der Waals surface area contributed by atoms with Crippen molar-refractivity contribution in [2.75, 3.05) is 18.2 Å². The van der Waals surface area contributed by atoms with Crippen molar-refractivity contribution in [3.63, 3.8) is 0 Å². The van der Waals surface area contributed by atoms with E-state index in [9.17, 15) is 9.90 Å². The lowest BCUT2D eigenvalue weighted by molar-refractivity contribution is 0.243. The van der Waals surface area contributed by atoms with Crippen molar-refractivity contribution in [3.8, 4) is 0 Å². The van der Waals surface area contributed by atoms with Crippen LogP contribution in [0.15, 0.2) is 18.2 Å². The highest BCUT2D eigenvalue weighted by atomic mass is 32.2. The Morgan fingerprint density at radius 1 is 1.33 bits per heavy atom. The van der Waals surface area contributed by atoms with Gasteiger partial charge < -0.3 is 15.7 Å². The average Bonchev–Trinajstić information content (AvgIpc) is 2.48. The molecule has 1 aromatic carbocycles. The molecular weight excluding hydrogens is 284 g/mol. The van der Waals surface area contributed by atoms with Crippen LogP contribution in [0.1, 0.15) is 31.9 Å². The van der Waals surface area contributed by atoms with Crippen LogP contribution in [0.2, 0.25) is 0 Å². The van der Waals surface area contributed by atoms with Crippen LogP contribution in [-0.2, 0) is 12.8 Å². The first-order valence-corrected chi connectivity index (χ1v) is 8.67. The molecular formula is C16H26N2O2S. The van der Waals surface area contributed by atoms with Gasteiger partial charge in [0.05, 0.1) is 6.61 Å². The monoisotopic (exact) mass is 310 g/mol. The summed E-state index contributed by atoms with van der Waals surface area (Å²) in [6, 6.07) is 5.87. The standard InChI is InChI=1S/C16H26N2O2S/c1-5-12-7-8-13(6-2)14(9-12)18-16(20)17-11(3)15(10-19)21-4/h7-9,11,15,19H,5-6,10H2,1-4H3,(H2,17,18,20). The van der Waals surface area contributed by atoms with Gasteiger partial charge >= 0.3 is 6.03 Å². The molecule has 3 N–H and O–H groups in total. The van der Waals surface area contributed by atoms with Crippen LogP contribution in [0.3, 0.4) is 0 Å². The molecule has 0 fully saturated rings. The Bertz CT molecular complexity index is 462. The summed E-state index contributed by atoms with van der Waals surface area (Å²) in [7, 11) is 0. The lowest BCUT2D eigenvalue weighted by Crippen LogP contribution is -2.43. The first kappa shape index (κ1) is 17.9. The summed E-state index contributed by atoms with van der Waals surface area (Å²) in [4.78, 5) is 12.1. The molecule has 1 rings (SSSR count). The number of carbonyl (C=O) groups excluding carboxylic acids is 1. The van der Waals surface area contributed by atoms with E-state index in [1.54, 1.807) is 11.8 Å². The van der Waals surface area contributed by atoms with Crippen LogP contribution in [-0.4, -0.2) is 35.3 Å². The highest BCUT2D eigenvalue weighted by Crippen LogP contribution is 2.19. The van der Waals surface area contributed by atoms with Crippen molar-refractivity contribution in [2.24, 2.45) is 0 Å². The zero-order valence-electron chi connectivity index (χ0n) is 13.3. The molecule has 4 nitrogen and oxygen atoms in total. The minimum Gasteiger partial charge on any atom is -0.395 e. The number of nitrogens with one attached hydrogen (secondary N) is 2. The zero-order valence-corrected chi connectivity index (χ0v) is 14.1. The van der Waals surface area contributed by atoms with Crippen molar-refractivity contribution in [3.05, 3.63) is 29.3 Å². The number of anilines is 1. The maximum atomic E-state index is 12.1. The van der Waals surface area contributed by atoms with Crippen LogP contribution in [0.25, 0.3) is 0 Å². The molecule has 0 aromatic heterocycles. The number of carbonyl (C=O) groups is 1. The van der Waals surface area contributed by atoms with Crippen molar-refractivity contribution in [2.45, 2.75) is 44.9 Å². The topological polar surface area (TPSA) is 61.4 Å². The normalized spacial score (nSPS) is 13.6. The van der Waals surface area contributed by atoms with Crippen LogP contribution in [0.4, 0.5) is 10.5 Å². The summed E-state index contributed by atoms with van der Waals surface area (Å²) in [6.07, 6.45) is 3.74. The lowest BCUT2D eigenvalue weighted by Gasteiger charge is -2.22. The Morgan fingerprint density at radius 3 is 2.57 bits per heavy atom. The quantitative estimate of drug-likeness (QED) is 0.725. The zero-order chi connectivity index (χ0) is 15.8. The second kappa shape index (κ2) is 8.95. The molecule has 2 unspecified atom stereocenters. The van der Waals surface area contributed by atoms with E-state index < -0.39 is 0 Å². The van der Waals surface area contributed by atoms with Gasteiger partial charge in [0.2, 0.25) is 0 Å². The fraction of sp³-hybridized carbons (Fsp3) is 0.562. The number of urea groups is 1. The number of thioether (sulfide) groups is 1. The summed E-state index contributed by atoms with van der Waals surface area (Å²) < 4.78 is 0. The molecule has 0 saturated heterocycles. The number of rotatable bonds is 7. The van der Waals surface area contributed by atoms with Crippen molar-refractivity contribution in [1.29, 1.82) is 0 Å². The highest BCUT2D eigenvalue weighted by molar-refractivity contribution is 7.99. The van der Waals surface area contributed by atoms with Gasteiger partial charge in [-0.3, -0.25) is 0 Å². The predicted octanol–water partition coefficient (Wildman–Crippen LogP) is 3.05. The molecule has 1 aromatic rings. The van der Waals surface area contributed by atoms with E-state index in [4.69, 9.17) is 0 Å². The molecule has 0 aliphatic carbocycles. The van der Waals surface area contributed by atoms with Gasteiger partial charge in [-0.1, -0.05) is 26.0 Å². The molecule has 0 radical (unpaired) electrons. The van der Waals surface area contributed by atoms with E-state index >= 15 is 0 Å². The van der Waals surface area contributed by atoms with E-state index in [1.165, 1.54) is 5.56 Å². The van der Waals surface area contributed by atoms with Gasteiger partial charge in [0.1, 0.15) is 0 Å². The summed E-state index contributed by atoms with van der Waals surface area (Å²) in [5.74, 6) is 0. The van der Waals surface area contributed by atoms with Gasteiger partial charge in [-0.15, -0.1) is 0 Å². The van der Waals surface area contributed by atoms with Crippen molar-refractivity contribution >= 4 is 23.5 Å². The van der Waals surface area contributed by atoms with Gasteiger partial charge in [0, 0.05) is 17.0 Å². The van der Waals surface area contributed by atoms with E-state index in [2.05, 4.69) is 36.6 Å². The molecule has 0 saturated carbocycles. The van der Waals surface area contributed by atoms with Gasteiger partial charge in [0.15, 0.2) is 0 Å². The molecule has 0 heterocycles. The van der Waals surface area contributed by atoms with Gasteiger partial charge in [-0.05, 0) is 43.2 Å². The average molecular weight is 310 g/mol. The number of amides is 2. The smallest absolute Gasteiger partial charge is 0.319 e. The largest absolute Gasteiger partial charge is 0.395 e. The first-order chi connectivity index (χ1) is 10.0. The Morgan fingerprint density at radius 2 is 2.05 bits per heavy atom. The number of aliphatic hydroxyl groups excluding tert-OH is 1. The fourth-order valence-corrected chi connectivity index (χ4v) is 2.79. The third-order valence-electron chi connectivity index (χ3n) is 3.61. The molecule has 5 heteroatoms. The first-order valence-electron chi connectivity index (χ1n) is 7.38. The predicted molar refractivity (Wildman–Crippen MR) is 91.2 cm³/mol. The molecule has 2 amide bonds. The molecule has 0 spiro atoms. The summed E-state index contributed by atoms with van der Waals surface area (Å²) in [6.45, 7) is 6.12. The Kier molecular flexibility index (Phi) is 7.61. The molecule has 21 heavy (non-hydrogen) atoms. The van der Waals surface area contributed by atoms with E-state index in [1.807, 2.05) is 19.2 Å². The number of aryl methyl sites for hydroxylation is 2. The highest BCUT2D eigenvalue weighted by Gasteiger charge is 2.17. The van der Waals surface area contributed by atoms with E-state index in [-0.39, 0.29) is 23.9 Å². The van der Waals surface area contributed by atoms with Gasteiger partial charge in [0.25, 0.3) is 0 Å². The second-order valence-corrected chi connectivity index (χ2v) is 6.12. The Balaban J connectivity index is 2.74. The maximum absolute atomic E-state index is 12.1. The van der Waals surface area contributed by atoms with Crippen LogP contribution < -0.4 is 10.6 Å². The second-order valence-electron chi connectivity index (χ2n) is 5.04. The van der Waals surface area contributed by atoms with Gasteiger partial charge in [-0.25, -0.2) is 4.79 Å². The number of aliphatic hydroxyl groups is 1. The minimum atomic E-state index is -0.224. The summed E-state index contributed by atoms with van der Waals surface area (Å²) in [5, 5.41) is 15.1. The van der Waals surface area contributed by atoms with Crippen LogP contribution in [0, 0.1) is 0 Å². The molecule has 0 bridgehead atoms. The minimum absolute atomic E-state index is 0.00312. The number of hydrogen-bond donors (Lipinski definition) is 3. The van der Waals surface area contributed by atoms with Crippen LogP contribution >= 0.6 is 11.8 Å². The summed E-state index contributed by atoms with van der Waals surface area (Å²) >= 11 is 1.55. The van der Waals surface area contributed by atoms with Crippen molar-refractivity contribution in [1.82, 2.24) is 5.32 Å². The molecule has 2 atom stereocenters. The molecule has 0 aliphatic heterocycles. The van der Waals surface area contributed by atoms with E-state index in [0.29, 0.717) is 0 Å². The van der Waals surface area contributed by atoms with Crippen LogP contribution in [0.5, 0.6) is 0 Å². The third-order valence-corrected chi connectivity index (χ3v) is 4.77. The Labute approximate surface area is 131 Å². The molecule has 0 aliphatic rings. The van der Waals surface area contributed by atoms with Gasteiger partial charge in [-0.2, -0.15) is 11.8 Å². The Hall–Kier alpha value is -1.20. The number of benzene rings is 1. The number of hydrogen-bond acceptors (Lipinski definition) is 3. The third kappa shape index (κ3) is 5.25. The summed E-state index contributed by atoms with van der Waals surface area (Å²) in [5.41, 5.74) is 3.19. The van der Waals surface area contributed by atoms with E-state index in [0.717, 1.165) is 24.1 Å².